The maximum atomic E-state index is 12.3. The summed E-state index contributed by atoms with van der Waals surface area (Å²) in [6.45, 7) is 2.47. The Hall–Kier alpha value is -3.13. The van der Waals surface area contributed by atoms with Gasteiger partial charge in [0, 0.05) is 18.7 Å². The molecule has 1 fully saturated rings. The minimum atomic E-state index is -0.452. The van der Waals surface area contributed by atoms with Crippen LogP contribution in [0.2, 0.25) is 0 Å². The lowest BCUT2D eigenvalue weighted by Gasteiger charge is -2.16. The number of amides is 1. The van der Waals surface area contributed by atoms with E-state index in [0.29, 0.717) is 12.1 Å². The van der Waals surface area contributed by atoms with Gasteiger partial charge in [0.25, 0.3) is 0 Å². The second kappa shape index (κ2) is 7.18. The summed E-state index contributed by atoms with van der Waals surface area (Å²) in [6.07, 6.45) is 0.167. The van der Waals surface area contributed by atoms with Gasteiger partial charge in [0.15, 0.2) is 0 Å². The van der Waals surface area contributed by atoms with Crippen LogP contribution in [0, 0.1) is 24.2 Å². The summed E-state index contributed by atoms with van der Waals surface area (Å²) in [4.78, 5) is 26.1. The van der Waals surface area contributed by atoms with Crippen molar-refractivity contribution in [2.24, 2.45) is 5.92 Å². The average molecular weight is 334 g/mol. The third-order valence-electron chi connectivity index (χ3n) is 4.27. The van der Waals surface area contributed by atoms with Crippen molar-refractivity contribution >= 4 is 17.6 Å². The second-order valence-corrected chi connectivity index (χ2v) is 6.16. The zero-order valence-corrected chi connectivity index (χ0v) is 13.9. The number of carbonyl (C=O) groups is 2. The van der Waals surface area contributed by atoms with Gasteiger partial charge in [-0.15, -0.1) is 0 Å². The van der Waals surface area contributed by atoms with Crippen molar-refractivity contribution in [1.29, 1.82) is 5.26 Å². The van der Waals surface area contributed by atoms with Gasteiger partial charge in [0.05, 0.1) is 17.6 Å². The van der Waals surface area contributed by atoms with E-state index in [4.69, 9.17) is 10.00 Å². The minimum Gasteiger partial charge on any atom is -0.461 e. The van der Waals surface area contributed by atoms with Crippen LogP contribution >= 0.6 is 0 Å². The highest BCUT2D eigenvalue weighted by atomic mass is 16.5. The number of rotatable bonds is 4. The molecule has 1 amide bonds. The Kier molecular flexibility index (Phi) is 4.80. The molecule has 0 aromatic heterocycles. The van der Waals surface area contributed by atoms with Crippen molar-refractivity contribution in [2.75, 3.05) is 11.4 Å². The van der Waals surface area contributed by atoms with Crippen LogP contribution in [0.25, 0.3) is 0 Å². The number of hydrogen-bond acceptors (Lipinski definition) is 4. The van der Waals surface area contributed by atoms with Gasteiger partial charge in [0.2, 0.25) is 5.91 Å². The van der Waals surface area contributed by atoms with E-state index in [2.05, 4.69) is 0 Å². The van der Waals surface area contributed by atoms with Gasteiger partial charge >= 0.3 is 5.97 Å². The number of aryl methyl sites for hydroxylation is 1. The predicted octanol–water partition coefficient (Wildman–Crippen LogP) is 2.96. The van der Waals surface area contributed by atoms with Crippen LogP contribution in [-0.2, 0) is 20.9 Å². The summed E-state index contributed by atoms with van der Waals surface area (Å²) in [5.41, 5.74) is 3.30. The molecule has 1 heterocycles. The summed E-state index contributed by atoms with van der Waals surface area (Å²) in [5, 5.41) is 8.78. The van der Waals surface area contributed by atoms with Gasteiger partial charge in [-0.2, -0.15) is 5.26 Å². The fourth-order valence-electron chi connectivity index (χ4n) is 2.79. The molecule has 0 unspecified atom stereocenters. The molecule has 0 spiro atoms. The quantitative estimate of drug-likeness (QED) is 0.806. The third kappa shape index (κ3) is 3.86. The van der Waals surface area contributed by atoms with Crippen LogP contribution in [0.1, 0.15) is 23.1 Å². The highest BCUT2D eigenvalue weighted by molar-refractivity contribution is 5.99. The maximum absolute atomic E-state index is 12.3. The summed E-state index contributed by atoms with van der Waals surface area (Å²) >= 11 is 0. The molecule has 5 heteroatoms. The van der Waals surface area contributed by atoms with Gasteiger partial charge in [-0.05, 0) is 36.8 Å². The van der Waals surface area contributed by atoms with Crippen molar-refractivity contribution in [2.45, 2.75) is 20.0 Å². The Balaban J connectivity index is 1.58. The van der Waals surface area contributed by atoms with E-state index < -0.39 is 5.92 Å². The number of hydrogen-bond donors (Lipinski definition) is 0. The summed E-state index contributed by atoms with van der Waals surface area (Å²) < 4.78 is 5.34. The van der Waals surface area contributed by atoms with Crippen molar-refractivity contribution in [3.63, 3.8) is 0 Å². The first-order chi connectivity index (χ1) is 12.1. The molecule has 0 aliphatic carbocycles. The molecule has 1 saturated heterocycles. The first-order valence-corrected chi connectivity index (χ1v) is 8.09. The molecule has 0 saturated carbocycles. The van der Waals surface area contributed by atoms with Crippen LogP contribution in [0.15, 0.2) is 48.5 Å². The molecule has 1 aliphatic heterocycles. The summed E-state index contributed by atoms with van der Waals surface area (Å²) in [6, 6.07) is 16.6. The van der Waals surface area contributed by atoms with Crippen molar-refractivity contribution in [3.05, 3.63) is 65.2 Å². The van der Waals surface area contributed by atoms with Gasteiger partial charge in [-0.3, -0.25) is 9.59 Å². The molecule has 0 radical (unpaired) electrons. The molecule has 0 N–H and O–H groups in total. The van der Waals surface area contributed by atoms with Crippen LogP contribution < -0.4 is 4.90 Å². The highest BCUT2D eigenvalue weighted by Crippen LogP contribution is 2.26. The predicted molar refractivity (Wildman–Crippen MR) is 92.6 cm³/mol. The number of nitrogens with zero attached hydrogens (tertiary/aromatic N) is 2. The second-order valence-electron chi connectivity index (χ2n) is 6.16. The van der Waals surface area contributed by atoms with Crippen molar-refractivity contribution in [3.8, 4) is 6.07 Å². The van der Waals surface area contributed by atoms with Gasteiger partial charge in [-0.25, -0.2) is 0 Å². The van der Waals surface area contributed by atoms with E-state index in [1.807, 2.05) is 37.3 Å². The van der Waals surface area contributed by atoms with Crippen molar-refractivity contribution < 1.29 is 14.3 Å². The van der Waals surface area contributed by atoms with Crippen LogP contribution in [0.4, 0.5) is 5.69 Å². The van der Waals surface area contributed by atoms with Crippen LogP contribution in [0.5, 0.6) is 0 Å². The van der Waals surface area contributed by atoms with Gasteiger partial charge in [0.1, 0.15) is 6.61 Å². The third-order valence-corrected chi connectivity index (χ3v) is 4.27. The highest BCUT2D eigenvalue weighted by Gasteiger charge is 2.36. The zero-order chi connectivity index (χ0) is 17.8. The SMILES string of the molecule is Cc1ccc(N2C[C@H](C(=O)OCc3ccc(C#N)cc3)CC2=O)cc1. The fraction of sp³-hybridized carbons (Fsp3) is 0.250. The number of esters is 1. The van der Waals surface area contributed by atoms with E-state index in [0.717, 1.165) is 16.8 Å². The molecule has 5 nitrogen and oxygen atoms in total. The molecular weight excluding hydrogens is 316 g/mol. The standard InChI is InChI=1S/C20H18N2O3/c1-14-2-8-18(9-3-14)22-12-17(10-19(22)23)20(24)25-13-16-6-4-15(11-21)5-7-16/h2-9,17H,10,12-13H2,1H3/t17-/m1/s1. The number of benzene rings is 2. The first kappa shape index (κ1) is 16.7. The molecule has 1 atom stereocenters. The maximum Gasteiger partial charge on any atom is 0.311 e. The van der Waals surface area contributed by atoms with Crippen LogP contribution in [-0.4, -0.2) is 18.4 Å². The lowest BCUT2D eigenvalue weighted by molar-refractivity contribution is -0.149. The average Bonchev–Trinajstić information content (AvgIpc) is 3.02. The molecule has 25 heavy (non-hydrogen) atoms. The Bertz CT molecular complexity index is 820. The Morgan fingerprint density at radius 3 is 2.52 bits per heavy atom. The molecule has 3 rings (SSSR count). The number of ether oxygens (including phenoxy) is 1. The van der Waals surface area contributed by atoms with E-state index in [1.165, 1.54) is 0 Å². The normalized spacial score (nSPS) is 16.6. The molecule has 2 aromatic rings. The fourth-order valence-corrected chi connectivity index (χ4v) is 2.79. The Morgan fingerprint density at radius 2 is 1.88 bits per heavy atom. The molecule has 1 aliphatic rings. The zero-order valence-electron chi connectivity index (χ0n) is 13.9. The molecule has 126 valence electrons. The number of anilines is 1. The van der Waals surface area contributed by atoms with Crippen LogP contribution in [0.3, 0.4) is 0 Å². The largest absolute Gasteiger partial charge is 0.461 e. The van der Waals surface area contributed by atoms with E-state index in [9.17, 15) is 9.59 Å². The lowest BCUT2D eigenvalue weighted by atomic mass is 10.1. The van der Waals surface area contributed by atoms with Gasteiger partial charge < -0.3 is 9.64 Å². The first-order valence-electron chi connectivity index (χ1n) is 8.09. The molecular formula is C20H18N2O3. The topological polar surface area (TPSA) is 70.4 Å². The van der Waals surface area contributed by atoms with Gasteiger partial charge in [-0.1, -0.05) is 29.8 Å². The molecule has 0 bridgehead atoms. The summed E-state index contributed by atoms with van der Waals surface area (Å²) in [5.74, 6) is -0.885. The molecule has 2 aromatic carbocycles. The van der Waals surface area contributed by atoms with Crippen molar-refractivity contribution in [1.82, 2.24) is 0 Å². The minimum absolute atomic E-state index is 0.0656. The summed E-state index contributed by atoms with van der Waals surface area (Å²) in [7, 11) is 0. The van der Waals surface area contributed by atoms with E-state index in [-0.39, 0.29) is 24.9 Å². The number of nitriles is 1. The lowest BCUT2D eigenvalue weighted by Crippen LogP contribution is -2.26. The number of carbonyl (C=O) groups excluding carboxylic acids is 2. The Labute approximate surface area is 146 Å². The van der Waals surface area contributed by atoms with E-state index >= 15 is 0 Å². The van der Waals surface area contributed by atoms with E-state index in [1.54, 1.807) is 29.2 Å². The Morgan fingerprint density at radius 1 is 1.20 bits per heavy atom. The smallest absolute Gasteiger partial charge is 0.311 e. The monoisotopic (exact) mass is 334 g/mol.